The first-order valence-corrected chi connectivity index (χ1v) is 14.9. The van der Waals surface area contributed by atoms with Crippen LogP contribution >= 0.6 is 0 Å². The summed E-state index contributed by atoms with van der Waals surface area (Å²) < 4.78 is 32.5. The maximum absolute atomic E-state index is 13.3. The molecule has 1 aromatic rings. The van der Waals surface area contributed by atoms with E-state index in [1.807, 2.05) is 13.1 Å². The van der Waals surface area contributed by atoms with E-state index in [1.54, 1.807) is 12.1 Å². The second-order valence-electron chi connectivity index (χ2n) is 12.1. The Labute approximate surface area is 263 Å². The maximum Gasteiger partial charge on any atom is 0.348 e. The van der Waals surface area contributed by atoms with Gasteiger partial charge in [0.05, 0.1) is 24.5 Å². The van der Waals surface area contributed by atoms with Crippen molar-refractivity contribution in [2.45, 2.75) is 94.0 Å². The van der Waals surface area contributed by atoms with Gasteiger partial charge in [0.25, 0.3) is 0 Å². The number of hydrogen-bond donors (Lipinski definition) is 3. The highest BCUT2D eigenvalue weighted by Gasteiger charge is 2.72. The van der Waals surface area contributed by atoms with Gasteiger partial charge in [-0.2, -0.15) is 0 Å². The van der Waals surface area contributed by atoms with Gasteiger partial charge in [-0.25, -0.2) is 19.2 Å². The van der Waals surface area contributed by atoms with E-state index in [4.69, 9.17) is 33.5 Å². The van der Waals surface area contributed by atoms with Crippen LogP contribution in [0.4, 0.5) is 0 Å². The Kier molecular flexibility index (Phi) is 8.79. The van der Waals surface area contributed by atoms with Crippen LogP contribution in [0.5, 0.6) is 11.5 Å². The average Bonchev–Trinajstić information content (AvgIpc) is 3.35. The summed E-state index contributed by atoms with van der Waals surface area (Å²) in [5.74, 6) is -5.23. The van der Waals surface area contributed by atoms with E-state index in [0.717, 1.165) is 31.9 Å². The van der Waals surface area contributed by atoms with Crippen molar-refractivity contribution >= 4 is 29.8 Å². The first-order valence-electron chi connectivity index (χ1n) is 14.9. The fraction of sp³-hybridized carbons (Fsp3) is 0.581. The largest absolute Gasteiger partial charge is 0.493 e. The fourth-order valence-electron chi connectivity index (χ4n) is 6.94. The summed E-state index contributed by atoms with van der Waals surface area (Å²) in [6.07, 6.45) is -5.79. The first-order chi connectivity index (χ1) is 21.6. The molecule has 0 radical (unpaired) electrons. The van der Waals surface area contributed by atoms with Crippen molar-refractivity contribution in [3.8, 4) is 11.5 Å². The number of aliphatic carboxylic acids is 1. The average molecular weight is 648 g/mol. The van der Waals surface area contributed by atoms with Crippen LogP contribution in [0.2, 0.25) is 0 Å². The van der Waals surface area contributed by atoms with Crippen LogP contribution in [-0.2, 0) is 54.8 Å². The zero-order valence-electron chi connectivity index (χ0n) is 26.0. The number of carboxylic acid groups (broad SMARTS) is 1. The standard InChI is InChI=1S/C31H37NO14/c1-14(33)27(37)45-20(29(39)43-16(3)28(38)42-15(2)26(35)36)13-22(34)44-19-8-9-31(40)21-12-17-6-7-18(41-5)24-23(17)30(31,25(19)46-24)10-11-32(21)4/h6-8,14-16,20-21,25,33,40H,9-13H2,1-5H3,(H,35,36)/t14-,15-,16-,20-,21+,25-,30-,31+/m0/s1. The number of rotatable bonds is 11. The van der Waals surface area contributed by atoms with Crippen LogP contribution in [0, 0.1) is 0 Å². The molecular weight excluding hydrogens is 610 g/mol. The summed E-state index contributed by atoms with van der Waals surface area (Å²) in [6.45, 7) is 3.92. The van der Waals surface area contributed by atoms with E-state index in [0.29, 0.717) is 30.9 Å². The number of likely N-dealkylation sites (N-methyl/N-ethyl adjacent to an activating group) is 1. The molecule has 1 aromatic carbocycles. The number of aliphatic hydroxyl groups is 2. The number of carbonyl (C=O) groups is 5. The predicted octanol–water partition coefficient (Wildman–Crippen LogP) is 0.147. The summed E-state index contributed by atoms with van der Waals surface area (Å²) in [4.78, 5) is 63.8. The Morgan fingerprint density at radius 2 is 1.74 bits per heavy atom. The number of carbonyl (C=O) groups excluding carboxylic acids is 4. The number of benzene rings is 1. The van der Waals surface area contributed by atoms with Crippen molar-refractivity contribution in [1.29, 1.82) is 0 Å². The van der Waals surface area contributed by atoms with E-state index >= 15 is 0 Å². The van der Waals surface area contributed by atoms with Crippen molar-refractivity contribution in [2.24, 2.45) is 0 Å². The van der Waals surface area contributed by atoms with Crippen molar-refractivity contribution < 1.29 is 67.7 Å². The van der Waals surface area contributed by atoms with Gasteiger partial charge < -0.3 is 48.6 Å². The van der Waals surface area contributed by atoms with Crippen LogP contribution in [0.1, 0.15) is 51.2 Å². The molecule has 0 aromatic heterocycles. The maximum atomic E-state index is 13.3. The minimum atomic E-state index is -1.95. The molecule has 250 valence electrons. The van der Waals surface area contributed by atoms with Gasteiger partial charge in [-0.15, -0.1) is 0 Å². The molecule has 2 bridgehead atoms. The molecule has 0 unspecified atom stereocenters. The zero-order valence-corrected chi connectivity index (χ0v) is 26.0. The number of hydrogen-bond acceptors (Lipinski definition) is 14. The van der Waals surface area contributed by atoms with E-state index in [2.05, 4.69) is 4.90 Å². The lowest BCUT2D eigenvalue weighted by Crippen LogP contribution is -2.74. The molecule has 4 aliphatic rings. The second kappa shape index (κ2) is 12.2. The lowest BCUT2D eigenvalue weighted by molar-refractivity contribution is -0.185. The van der Waals surface area contributed by atoms with Crippen LogP contribution in [0.15, 0.2) is 24.0 Å². The molecule has 2 heterocycles. The topological polar surface area (TPSA) is 205 Å². The first kappa shape index (κ1) is 33.2. The Bertz CT molecular complexity index is 1490. The molecule has 46 heavy (non-hydrogen) atoms. The van der Waals surface area contributed by atoms with Gasteiger partial charge in [-0.1, -0.05) is 6.07 Å². The number of esters is 4. The Balaban J connectivity index is 1.38. The highest BCUT2D eigenvalue weighted by Crippen LogP contribution is 2.65. The number of methoxy groups -OCH3 is 1. The predicted molar refractivity (Wildman–Crippen MR) is 152 cm³/mol. The second-order valence-corrected chi connectivity index (χ2v) is 12.1. The summed E-state index contributed by atoms with van der Waals surface area (Å²) >= 11 is 0. The lowest BCUT2D eigenvalue weighted by Gasteiger charge is -2.61. The number of nitrogens with zero attached hydrogens (tertiary/aromatic N) is 1. The van der Waals surface area contributed by atoms with Gasteiger partial charge in [0, 0.05) is 18.0 Å². The van der Waals surface area contributed by atoms with Gasteiger partial charge in [-0.05, 0) is 64.9 Å². The third kappa shape index (κ3) is 5.35. The SMILES string of the molecule is COc1ccc2c3c1O[C@H]1C(OC(=O)C[C@H](OC(=O)[C@H](C)O)C(=O)O[C@@H](C)C(=O)O[C@@H](C)C(=O)O)=CC[C@@]4(O)[C@@H](C2)N(C)CC[C@]314. The summed E-state index contributed by atoms with van der Waals surface area (Å²) in [6, 6.07) is 3.51. The lowest BCUT2D eigenvalue weighted by atomic mass is 9.50. The molecule has 0 amide bonds. The molecule has 2 aliphatic carbocycles. The molecular formula is C31H37NO14. The highest BCUT2D eigenvalue weighted by atomic mass is 16.6. The smallest absolute Gasteiger partial charge is 0.348 e. The molecule has 15 heteroatoms. The molecule has 5 rings (SSSR count). The molecule has 2 aliphatic heterocycles. The van der Waals surface area contributed by atoms with E-state index in [9.17, 15) is 34.2 Å². The highest BCUT2D eigenvalue weighted by molar-refractivity contribution is 5.88. The van der Waals surface area contributed by atoms with Crippen LogP contribution in [0.3, 0.4) is 0 Å². The molecule has 15 nitrogen and oxygen atoms in total. The summed E-state index contributed by atoms with van der Waals surface area (Å²) in [5, 5.41) is 30.9. The molecule has 8 atom stereocenters. The number of carboxylic acids is 1. The quantitative estimate of drug-likeness (QED) is 0.216. The number of piperidine rings is 1. The normalized spacial score (nSPS) is 28.2. The van der Waals surface area contributed by atoms with Crippen LogP contribution < -0.4 is 9.47 Å². The van der Waals surface area contributed by atoms with Gasteiger partial charge >= 0.3 is 29.8 Å². The molecule has 1 saturated heterocycles. The molecule has 1 spiro atoms. The van der Waals surface area contributed by atoms with Crippen molar-refractivity contribution in [3.63, 3.8) is 0 Å². The monoisotopic (exact) mass is 647 g/mol. The third-order valence-corrected chi connectivity index (χ3v) is 9.27. The number of likely N-dealkylation sites (tertiary alicyclic amines) is 1. The third-order valence-electron chi connectivity index (χ3n) is 9.27. The molecule has 0 saturated carbocycles. The Morgan fingerprint density at radius 3 is 2.39 bits per heavy atom. The Morgan fingerprint density at radius 1 is 1.04 bits per heavy atom. The number of ether oxygens (including phenoxy) is 6. The molecule has 3 N–H and O–H groups in total. The molecule has 1 fully saturated rings. The van der Waals surface area contributed by atoms with E-state index < -0.39 is 77.8 Å². The van der Waals surface area contributed by atoms with Gasteiger partial charge in [0.2, 0.25) is 6.10 Å². The summed E-state index contributed by atoms with van der Waals surface area (Å²) in [5.41, 5.74) is -0.416. The zero-order chi connectivity index (χ0) is 33.7. The minimum Gasteiger partial charge on any atom is -0.493 e. The van der Waals surface area contributed by atoms with Gasteiger partial charge in [-0.3, -0.25) is 4.79 Å². The fourth-order valence-corrected chi connectivity index (χ4v) is 6.94. The Hall–Kier alpha value is -4.21. The van der Waals surface area contributed by atoms with Crippen molar-refractivity contribution in [1.82, 2.24) is 4.90 Å². The summed E-state index contributed by atoms with van der Waals surface area (Å²) in [7, 11) is 3.46. The van der Waals surface area contributed by atoms with Crippen molar-refractivity contribution in [3.05, 3.63) is 35.1 Å². The number of aliphatic hydroxyl groups excluding tert-OH is 1. The van der Waals surface area contributed by atoms with Crippen molar-refractivity contribution in [2.75, 3.05) is 20.7 Å². The van der Waals surface area contributed by atoms with Gasteiger partial charge in [0.1, 0.15) is 11.9 Å². The van der Waals surface area contributed by atoms with Crippen LogP contribution in [-0.4, -0.2) is 113 Å². The van der Waals surface area contributed by atoms with Gasteiger partial charge in [0.15, 0.2) is 29.8 Å². The van der Waals surface area contributed by atoms with Crippen LogP contribution in [0.25, 0.3) is 0 Å². The van der Waals surface area contributed by atoms with E-state index in [-0.39, 0.29) is 18.2 Å². The van der Waals surface area contributed by atoms with E-state index in [1.165, 1.54) is 7.11 Å². The minimum absolute atomic E-state index is 0.0951.